The molecule has 98 valence electrons. The van der Waals surface area contributed by atoms with Crippen molar-refractivity contribution in [3.05, 3.63) is 55.6 Å². The molecule has 3 rings (SSSR count). The van der Waals surface area contributed by atoms with Gasteiger partial charge in [0.05, 0.1) is 6.61 Å². The first-order valence-electron chi connectivity index (χ1n) is 6.16. The first kappa shape index (κ1) is 13.2. The fraction of sp³-hybridized carbons (Fsp3) is 0.200. The molecule has 2 aromatic carbocycles. The minimum atomic E-state index is 0.780. The topological polar surface area (TPSA) is 21.3 Å². The number of anilines is 1. The second kappa shape index (κ2) is 5.71. The number of rotatable bonds is 3. The maximum absolute atomic E-state index is 5.74. The quantitative estimate of drug-likeness (QED) is 0.720. The van der Waals surface area contributed by atoms with E-state index in [9.17, 15) is 0 Å². The van der Waals surface area contributed by atoms with Crippen LogP contribution in [0, 0.1) is 3.57 Å². The highest BCUT2D eigenvalue weighted by atomic mass is 127. The Balaban J connectivity index is 1.83. The fourth-order valence-corrected chi connectivity index (χ4v) is 3.40. The van der Waals surface area contributed by atoms with E-state index < -0.39 is 0 Å². The van der Waals surface area contributed by atoms with Crippen LogP contribution in [0.5, 0.6) is 5.75 Å². The zero-order valence-corrected chi connectivity index (χ0v) is 14.0. The molecule has 0 amide bonds. The molecule has 2 nitrogen and oxygen atoms in total. The number of benzene rings is 2. The number of hydrogen-bond acceptors (Lipinski definition) is 2. The minimum absolute atomic E-state index is 0.780. The molecule has 0 saturated carbocycles. The van der Waals surface area contributed by atoms with Crippen LogP contribution in [0.2, 0.25) is 0 Å². The van der Waals surface area contributed by atoms with Crippen molar-refractivity contribution in [2.24, 2.45) is 0 Å². The standard InChI is InChI=1S/C15H13BrINO/c16-12-7-10-5-6-19-15(10)11(8-12)9-18-14-4-2-1-3-13(14)17/h1-4,7-8,18H,5-6,9H2. The van der Waals surface area contributed by atoms with Crippen LogP contribution in [0.1, 0.15) is 11.1 Å². The van der Waals surface area contributed by atoms with Gasteiger partial charge in [0.25, 0.3) is 0 Å². The summed E-state index contributed by atoms with van der Waals surface area (Å²) in [6.07, 6.45) is 1.00. The number of halogens is 2. The first-order valence-corrected chi connectivity index (χ1v) is 8.04. The smallest absolute Gasteiger partial charge is 0.127 e. The third kappa shape index (κ3) is 2.89. The maximum atomic E-state index is 5.74. The van der Waals surface area contributed by atoms with Crippen molar-refractivity contribution >= 4 is 44.2 Å². The van der Waals surface area contributed by atoms with Crippen LogP contribution >= 0.6 is 38.5 Å². The lowest BCUT2D eigenvalue weighted by Gasteiger charge is -2.12. The third-order valence-corrected chi connectivity index (χ3v) is 4.57. The van der Waals surface area contributed by atoms with Crippen LogP contribution < -0.4 is 10.1 Å². The molecule has 1 aliphatic heterocycles. The fourth-order valence-electron chi connectivity index (χ4n) is 2.27. The summed E-state index contributed by atoms with van der Waals surface area (Å²) in [7, 11) is 0. The van der Waals surface area contributed by atoms with Crippen molar-refractivity contribution in [3.63, 3.8) is 0 Å². The first-order chi connectivity index (χ1) is 9.24. The predicted molar refractivity (Wildman–Crippen MR) is 89.8 cm³/mol. The largest absolute Gasteiger partial charge is 0.493 e. The van der Waals surface area contributed by atoms with Crippen molar-refractivity contribution in [2.75, 3.05) is 11.9 Å². The molecule has 0 spiro atoms. The van der Waals surface area contributed by atoms with E-state index in [-0.39, 0.29) is 0 Å². The van der Waals surface area contributed by atoms with Crippen molar-refractivity contribution in [3.8, 4) is 5.75 Å². The van der Waals surface area contributed by atoms with E-state index in [1.54, 1.807) is 0 Å². The summed E-state index contributed by atoms with van der Waals surface area (Å²) < 4.78 is 8.09. The van der Waals surface area contributed by atoms with Crippen LogP contribution in [-0.4, -0.2) is 6.61 Å². The second-order valence-corrected chi connectivity index (χ2v) is 6.56. The van der Waals surface area contributed by atoms with Crippen molar-refractivity contribution in [1.82, 2.24) is 0 Å². The van der Waals surface area contributed by atoms with Crippen molar-refractivity contribution in [1.29, 1.82) is 0 Å². The van der Waals surface area contributed by atoms with Gasteiger partial charge in [0.2, 0.25) is 0 Å². The molecule has 1 aliphatic rings. The monoisotopic (exact) mass is 429 g/mol. The lowest BCUT2D eigenvalue weighted by atomic mass is 10.1. The van der Waals surface area contributed by atoms with E-state index in [2.05, 4.69) is 68.1 Å². The molecule has 0 saturated heterocycles. The Morgan fingerprint density at radius 2 is 2.11 bits per heavy atom. The van der Waals surface area contributed by atoms with Gasteiger partial charge in [-0.2, -0.15) is 0 Å². The Hall–Kier alpha value is -0.750. The lowest BCUT2D eigenvalue weighted by molar-refractivity contribution is 0.354. The predicted octanol–water partition coefficient (Wildman–Crippen LogP) is 4.60. The number of fused-ring (bicyclic) bond motifs is 1. The molecule has 0 atom stereocenters. The van der Waals surface area contributed by atoms with Gasteiger partial charge >= 0.3 is 0 Å². The summed E-state index contributed by atoms with van der Waals surface area (Å²) in [5, 5.41) is 3.48. The van der Waals surface area contributed by atoms with Crippen LogP contribution in [0.4, 0.5) is 5.69 Å². The van der Waals surface area contributed by atoms with Gasteiger partial charge < -0.3 is 10.1 Å². The summed E-state index contributed by atoms with van der Waals surface area (Å²) in [4.78, 5) is 0. The Bertz CT molecular complexity index is 615. The van der Waals surface area contributed by atoms with Gasteiger partial charge in [-0.05, 0) is 52.4 Å². The lowest BCUT2D eigenvalue weighted by Crippen LogP contribution is -2.02. The Kier molecular flexibility index (Phi) is 3.98. The van der Waals surface area contributed by atoms with Gasteiger partial charge in [0.1, 0.15) is 5.75 Å². The molecule has 4 heteroatoms. The van der Waals surface area contributed by atoms with Crippen molar-refractivity contribution < 1.29 is 4.74 Å². The van der Waals surface area contributed by atoms with Gasteiger partial charge in [0, 0.05) is 32.3 Å². The van der Waals surface area contributed by atoms with Crippen LogP contribution in [0.15, 0.2) is 40.9 Å². The SMILES string of the molecule is Brc1cc2c(c(CNc3ccccc3I)c1)OCC2. The third-order valence-electron chi connectivity index (χ3n) is 3.17. The molecule has 0 aromatic heterocycles. The van der Waals surface area contributed by atoms with E-state index >= 15 is 0 Å². The number of nitrogens with one attached hydrogen (secondary N) is 1. The van der Waals surface area contributed by atoms with Gasteiger partial charge in [-0.25, -0.2) is 0 Å². The molecule has 0 aliphatic carbocycles. The summed E-state index contributed by atoms with van der Waals surface area (Å²) in [6.45, 7) is 1.57. The van der Waals surface area contributed by atoms with Crippen LogP contribution in [0.3, 0.4) is 0 Å². The van der Waals surface area contributed by atoms with Crippen LogP contribution in [0.25, 0.3) is 0 Å². The zero-order valence-electron chi connectivity index (χ0n) is 10.2. The minimum Gasteiger partial charge on any atom is -0.493 e. The second-order valence-electron chi connectivity index (χ2n) is 4.49. The van der Waals surface area contributed by atoms with Crippen molar-refractivity contribution in [2.45, 2.75) is 13.0 Å². The summed E-state index contributed by atoms with van der Waals surface area (Å²) in [6, 6.07) is 12.6. The maximum Gasteiger partial charge on any atom is 0.127 e. The number of para-hydroxylation sites is 1. The van der Waals surface area contributed by atoms with E-state index in [0.29, 0.717) is 0 Å². The molecule has 1 heterocycles. The molecule has 2 aromatic rings. The highest BCUT2D eigenvalue weighted by Crippen LogP contribution is 2.33. The molecular weight excluding hydrogens is 417 g/mol. The Morgan fingerprint density at radius 1 is 1.26 bits per heavy atom. The molecule has 0 unspecified atom stereocenters. The molecule has 0 bridgehead atoms. The summed E-state index contributed by atoms with van der Waals surface area (Å²) in [5.74, 6) is 1.06. The van der Waals surface area contributed by atoms with Gasteiger partial charge in [-0.1, -0.05) is 28.1 Å². The molecule has 1 N–H and O–H groups in total. The number of hydrogen-bond donors (Lipinski definition) is 1. The molecule has 0 radical (unpaired) electrons. The normalized spacial score (nSPS) is 12.9. The number of ether oxygens (including phenoxy) is 1. The Morgan fingerprint density at radius 3 is 2.95 bits per heavy atom. The highest BCUT2D eigenvalue weighted by Gasteiger charge is 2.17. The molecule has 0 fully saturated rings. The Labute approximate surface area is 134 Å². The molecule has 19 heavy (non-hydrogen) atoms. The summed E-state index contributed by atoms with van der Waals surface area (Å²) in [5.41, 5.74) is 3.67. The van der Waals surface area contributed by atoms with E-state index in [1.807, 2.05) is 12.1 Å². The zero-order chi connectivity index (χ0) is 13.2. The average molecular weight is 430 g/mol. The van der Waals surface area contributed by atoms with Gasteiger partial charge in [-0.3, -0.25) is 0 Å². The average Bonchev–Trinajstić information content (AvgIpc) is 2.85. The summed E-state index contributed by atoms with van der Waals surface area (Å²) >= 11 is 5.92. The van der Waals surface area contributed by atoms with Gasteiger partial charge in [0.15, 0.2) is 0 Å². The highest BCUT2D eigenvalue weighted by molar-refractivity contribution is 14.1. The van der Waals surface area contributed by atoms with Crippen LogP contribution in [-0.2, 0) is 13.0 Å². The molecular formula is C15H13BrINO. The van der Waals surface area contributed by atoms with E-state index in [1.165, 1.54) is 14.7 Å². The van der Waals surface area contributed by atoms with Gasteiger partial charge in [-0.15, -0.1) is 0 Å². The van der Waals surface area contributed by atoms with E-state index in [0.717, 1.165) is 35.5 Å². The van der Waals surface area contributed by atoms with E-state index in [4.69, 9.17) is 4.74 Å².